The number of carbonyl (C=O) groups excluding carboxylic acids is 2. The standard InChI is InChI=1S/C21H26N2O3/c1-13-11-19(15(3)26-13)14(2)22-21(25)12-20-18-8-6-5-7-17(18)9-10-23(20)16(4)24/h5-8,11,14,20H,9-10,12H2,1-4H3,(H,22,25). The molecule has 0 saturated carbocycles. The van der Waals surface area contributed by atoms with E-state index in [1.54, 1.807) is 11.8 Å². The van der Waals surface area contributed by atoms with Crippen LogP contribution in [-0.2, 0) is 16.0 Å². The van der Waals surface area contributed by atoms with Gasteiger partial charge in [-0.15, -0.1) is 0 Å². The molecule has 1 aromatic heterocycles. The van der Waals surface area contributed by atoms with E-state index in [0.29, 0.717) is 6.54 Å². The number of furan rings is 1. The maximum Gasteiger partial charge on any atom is 0.222 e. The first-order chi connectivity index (χ1) is 12.4. The lowest BCUT2D eigenvalue weighted by atomic mass is 9.90. The van der Waals surface area contributed by atoms with Crippen molar-refractivity contribution in [2.75, 3.05) is 6.54 Å². The summed E-state index contributed by atoms with van der Waals surface area (Å²) in [5.74, 6) is 1.60. The van der Waals surface area contributed by atoms with Crippen LogP contribution in [0, 0.1) is 13.8 Å². The molecule has 1 aliphatic rings. The van der Waals surface area contributed by atoms with Crippen molar-refractivity contribution in [2.24, 2.45) is 0 Å². The third kappa shape index (κ3) is 3.66. The Kier molecular flexibility index (Phi) is 5.16. The van der Waals surface area contributed by atoms with Gasteiger partial charge in [0, 0.05) is 19.0 Å². The molecule has 1 N–H and O–H groups in total. The van der Waals surface area contributed by atoms with E-state index in [4.69, 9.17) is 4.42 Å². The largest absolute Gasteiger partial charge is 0.466 e. The number of hydrogen-bond donors (Lipinski definition) is 1. The van der Waals surface area contributed by atoms with Crippen molar-refractivity contribution in [1.29, 1.82) is 0 Å². The van der Waals surface area contributed by atoms with Crippen LogP contribution < -0.4 is 5.32 Å². The zero-order valence-electron chi connectivity index (χ0n) is 15.8. The number of aryl methyl sites for hydroxylation is 2. The molecule has 0 fully saturated rings. The Balaban J connectivity index is 1.76. The molecular weight excluding hydrogens is 328 g/mol. The molecule has 0 aliphatic carbocycles. The Labute approximate surface area is 154 Å². The van der Waals surface area contributed by atoms with Crippen LogP contribution >= 0.6 is 0 Å². The Morgan fingerprint density at radius 3 is 2.69 bits per heavy atom. The van der Waals surface area contributed by atoms with E-state index in [1.807, 2.05) is 45.0 Å². The van der Waals surface area contributed by atoms with Crippen LogP contribution in [0.3, 0.4) is 0 Å². The first-order valence-corrected chi connectivity index (χ1v) is 9.08. The van der Waals surface area contributed by atoms with Gasteiger partial charge in [0.1, 0.15) is 11.5 Å². The molecule has 5 heteroatoms. The predicted molar refractivity (Wildman–Crippen MR) is 99.6 cm³/mol. The fourth-order valence-corrected chi connectivity index (χ4v) is 3.88. The first kappa shape index (κ1) is 18.2. The summed E-state index contributed by atoms with van der Waals surface area (Å²) in [5, 5.41) is 3.05. The second-order valence-corrected chi connectivity index (χ2v) is 7.04. The Morgan fingerprint density at radius 1 is 1.31 bits per heavy atom. The minimum atomic E-state index is -0.211. The average Bonchev–Trinajstić information content (AvgIpc) is 2.93. The van der Waals surface area contributed by atoms with Gasteiger partial charge in [-0.2, -0.15) is 0 Å². The maximum atomic E-state index is 12.7. The smallest absolute Gasteiger partial charge is 0.222 e. The molecule has 2 unspecified atom stereocenters. The molecular formula is C21H26N2O3. The third-order valence-electron chi connectivity index (χ3n) is 5.12. The van der Waals surface area contributed by atoms with Gasteiger partial charge in [-0.05, 0) is 44.4 Å². The van der Waals surface area contributed by atoms with Crippen LogP contribution in [0.4, 0.5) is 0 Å². The fraction of sp³-hybridized carbons (Fsp3) is 0.429. The number of hydrogen-bond acceptors (Lipinski definition) is 3. The van der Waals surface area contributed by atoms with E-state index < -0.39 is 0 Å². The molecule has 0 bridgehead atoms. The summed E-state index contributed by atoms with van der Waals surface area (Å²) < 4.78 is 5.56. The van der Waals surface area contributed by atoms with Gasteiger partial charge in [-0.25, -0.2) is 0 Å². The zero-order chi connectivity index (χ0) is 18.8. The van der Waals surface area contributed by atoms with Crippen molar-refractivity contribution in [3.05, 3.63) is 58.5 Å². The Morgan fingerprint density at radius 2 is 2.04 bits per heavy atom. The van der Waals surface area contributed by atoms with Crippen molar-refractivity contribution in [2.45, 2.75) is 52.6 Å². The van der Waals surface area contributed by atoms with Gasteiger partial charge >= 0.3 is 0 Å². The van der Waals surface area contributed by atoms with E-state index in [9.17, 15) is 9.59 Å². The molecule has 0 radical (unpaired) electrons. The highest BCUT2D eigenvalue weighted by atomic mass is 16.3. The molecule has 138 valence electrons. The SMILES string of the molecule is CC(=O)N1CCc2ccccc2C1CC(=O)NC(C)c1cc(C)oc1C. The van der Waals surface area contributed by atoms with Crippen LogP contribution in [0.1, 0.15) is 60.6 Å². The minimum absolute atomic E-state index is 0.00616. The topological polar surface area (TPSA) is 62.6 Å². The highest BCUT2D eigenvalue weighted by molar-refractivity contribution is 5.80. The fourth-order valence-electron chi connectivity index (χ4n) is 3.88. The normalized spacial score (nSPS) is 17.5. The highest BCUT2D eigenvalue weighted by Crippen LogP contribution is 2.32. The average molecular weight is 354 g/mol. The van der Waals surface area contributed by atoms with Crippen LogP contribution in [0.15, 0.2) is 34.7 Å². The van der Waals surface area contributed by atoms with Gasteiger partial charge in [0.2, 0.25) is 11.8 Å². The van der Waals surface area contributed by atoms with E-state index in [-0.39, 0.29) is 30.3 Å². The van der Waals surface area contributed by atoms with Gasteiger partial charge < -0.3 is 14.6 Å². The van der Waals surface area contributed by atoms with Crippen molar-refractivity contribution >= 4 is 11.8 Å². The summed E-state index contributed by atoms with van der Waals surface area (Å²) in [5.41, 5.74) is 3.28. The van der Waals surface area contributed by atoms with Gasteiger partial charge in [0.25, 0.3) is 0 Å². The van der Waals surface area contributed by atoms with Crippen LogP contribution in [0.5, 0.6) is 0 Å². The number of nitrogens with zero attached hydrogens (tertiary/aromatic N) is 1. The summed E-state index contributed by atoms with van der Waals surface area (Å²) >= 11 is 0. The van der Waals surface area contributed by atoms with Crippen molar-refractivity contribution in [1.82, 2.24) is 10.2 Å². The van der Waals surface area contributed by atoms with E-state index in [1.165, 1.54) is 5.56 Å². The lowest BCUT2D eigenvalue weighted by molar-refractivity contribution is -0.133. The third-order valence-corrected chi connectivity index (χ3v) is 5.12. The van der Waals surface area contributed by atoms with Gasteiger partial charge in [0.15, 0.2) is 0 Å². The number of nitrogens with one attached hydrogen (secondary N) is 1. The molecule has 1 aliphatic heterocycles. The van der Waals surface area contributed by atoms with Crippen molar-refractivity contribution < 1.29 is 14.0 Å². The molecule has 2 atom stereocenters. The van der Waals surface area contributed by atoms with Gasteiger partial charge in [0.05, 0.1) is 18.5 Å². The van der Waals surface area contributed by atoms with Crippen LogP contribution in [0.2, 0.25) is 0 Å². The maximum absolute atomic E-state index is 12.7. The monoisotopic (exact) mass is 354 g/mol. The molecule has 26 heavy (non-hydrogen) atoms. The molecule has 2 aromatic rings. The second kappa shape index (κ2) is 7.36. The molecule has 0 saturated heterocycles. The summed E-state index contributed by atoms with van der Waals surface area (Å²) in [6, 6.07) is 9.69. The van der Waals surface area contributed by atoms with Gasteiger partial charge in [-0.1, -0.05) is 24.3 Å². The Bertz CT molecular complexity index is 824. The molecule has 0 spiro atoms. The summed E-state index contributed by atoms with van der Waals surface area (Å²) in [4.78, 5) is 26.6. The molecule has 1 aromatic carbocycles. The summed E-state index contributed by atoms with van der Waals surface area (Å²) in [6.07, 6.45) is 1.09. The highest BCUT2D eigenvalue weighted by Gasteiger charge is 2.31. The Hall–Kier alpha value is -2.56. The summed E-state index contributed by atoms with van der Waals surface area (Å²) in [6.45, 7) is 7.97. The lowest BCUT2D eigenvalue weighted by Crippen LogP contribution is -2.41. The van der Waals surface area contributed by atoms with Crippen LogP contribution in [-0.4, -0.2) is 23.3 Å². The van der Waals surface area contributed by atoms with Crippen molar-refractivity contribution in [3.8, 4) is 0 Å². The second-order valence-electron chi connectivity index (χ2n) is 7.04. The number of rotatable bonds is 4. The number of fused-ring (bicyclic) bond motifs is 1. The predicted octanol–water partition coefficient (Wildman–Crippen LogP) is 3.61. The van der Waals surface area contributed by atoms with Crippen molar-refractivity contribution in [3.63, 3.8) is 0 Å². The van der Waals surface area contributed by atoms with Gasteiger partial charge in [-0.3, -0.25) is 9.59 Å². The lowest BCUT2D eigenvalue weighted by Gasteiger charge is -2.36. The van der Waals surface area contributed by atoms with E-state index >= 15 is 0 Å². The number of carbonyl (C=O) groups is 2. The molecule has 5 nitrogen and oxygen atoms in total. The first-order valence-electron chi connectivity index (χ1n) is 9.08. The quantitative estimate of drug-likeness (QED) is 0.912. The zero-order valence-corrected chi connectivity index (χ0v) is 15.8. The molecule has 2 amide bonds. The molecule has 3 rings (SSSR count). The number of amides is 2. The van der Waals surface area contributed by atoms with E-state index in [0.717, 1.165) is 29.1 Å². The number of benzene rings is 1. The minimum Gasteiger partial charge on any atom is -0.466 e. The molecule has 2 heterocycles. The van der Waals surface area contributed by atoms with Crippen LogP contribution in [0.25, 0.3) is 0 Å². The summed E-state index contributed by atoms with van der Waals surface area (Å²) in [7, 11) is 0. The van der Waals surface area contributed by atoms with E-state index in [2.05, 4.69) is 11.4 Å².